The first-order chi connectivity index (χ1) is 21.2. The van der Waals surface area contributed by atoms with Gasteiger partial charge in [0, 0.05) is 28.0 Å². The van der Waals surface area contributed by atoms with Crippen molar-refractivity contribution >= 4 is 55.1 Å². The number of rotatable bonds is 11. The third-order valence-corrected chi connectivity index (χ3v) is 9.61. The van der Waals surface area contributed by atoms with Crippen LogP contribution in [0.2, 0.25) is 5.02 Å². The van der Waals surface area contributed by atoms with Gasteiger partial charge in [-0.25, -0.2) is 8.42 Å². The molecule has 4 rings (SSSR count). The number of anilines is 1. The van der Waals surface area contributed by atoms with E-state index >= 15 is 0 Å². The van der Waals surface area contributed by atoms with Crippen LogP contribution < -0.4 is 9.62 Å². The van der Waals surface area contributed by atoms with Gasteiger partial charge in [-0.1, -0.05) is 87.7 Å². The molecular formula is C35H37BrClN3O4S. The average Bonchev–Trinajstić information content (AvgIpc) is 2.99. The molecule has 0 heterocycles. The third kappa shape index (κ3) is 9.42. The van der Waals surface area contributed by atoms with Crippen LogP contribution in [0.4, 0.5) is 5.69 Å². The minimum absolute atomic E-state index is 0.00829. The molecule has 7 nitrogen and oxygen atoms in total. The highest BCUT2D eigenvalue weighted by Crippen LogP contribution is 2.26. The largest absolute Gasteiger partial charge is 0.350 e. The fourth-order valence-electron chi connectivity index (χ4n) is 4.77. The van der Waals surface area contributed by atoms with Gasteiger partial charge in [0.25, 0.3) is 10.0 Å². The summed E-state index contributed by atoms with van der Waals surface area (Å²) in [6.45, 7) is 7.09. The second kappa shape index (κ2) is 14.6. The number of carbonyl (C=O) groups is 2. The van der Waals surface area contributed by atoms with Crippen LogP contribution in [0.5, 0.6) is 0 Å². The SMILES string of the molecule is Cc1ccc(N(CC(=O)N(Cc2ccc(Br)cc2)[C@H](Cc2ccccc2)C(=O)NC(C)(C)C)S(=O)(=O)c2ccc(Cl)cc2)cc1. The van der Waals surface area contributed by atoms with Gasteiger partial charge in [-0.3, -0.25) is 13.9 Å². The normalized spacial score (nSPS) is 12.3. The minimum Gasteiger partial charge on any atom is -0.350 e. The van der Waals surface area contributed by atoms with Gasteiger partial charge in [-0.2, -0.15) is 0 Å². The Kier molecular flexibility index (Phi) is 11.1. The van der Waals surface area contributed by atoms with Crippen LogP contribution in [0.25, 0.3) is 0 Å². The highest BCUT2D eigenvalue weighted by molar-refractivity contribution is 9.10. The summed E-state index contributed by atoms with van der Waals surface area (Å²) in [7, 11) is -4.20. The van der Waals surface area contributed by atoms with Crippen LogP contribution in [0.1, 0.15) is 37.5 Å². The van der Waals surface area contributed by atoms with Crippen LogP contribution in [0.3, 0.4) is 0 Å². The summed E-state index contributed by atoms with van der Waals surface area (Å²) in [5.74, 6) is -0.861. The molecule has 236 valence electrons. The van der Waals surface area contributed by atoms with Crippen LogP contribution in [-0.2, 0) is 32.6 Å². The second-order valence-electron chi connectivity index (χ2n) is 11.9. The Morgan fingerprint density at radius 2 is 1.44 bits per heavy atom. The fourth-order valence-corrected chi connectivity index (χ4v) is 6.57. The molecule has 0 aliphatic heterocycles. The van der Waals surface area contributed by atoms with E-state index in [1.807, 2.05) is 82.3 Å². The first-order valence-corrected chi connectivity index (χ1v) is 17.1. The predicted octanol–water partition coefficient (Wildman–Crippen LogP) is 7.16. The maximum Gasteiger partial charge on any atom is 0.264 e. The summed E-state index contributed by atoms with van der Waals surface area (Å²) in [5.41, 5.74) is 2.35. The van der Waals surface area contributed by atoms with Crippen LogP contribution in [0.15, 0.2) is 112 Å². The summed E-state index contributed by atoms with van der Waals surface area (Å²) in [6.07, 6.45) is 0.236. The molecule has 0 radical (unpaired) electrons. The molecule has 0 aromatic heterocycles. The van der Waals surface area contributed by atoms with Crippen LogP contribution in [-0.4, -0.2) is 43.3 Å². The Hall–Kier alpha value is -3.66. The molecule has 4 aromatic rings. The molecule has 10 heteroatoms. The maximum absolute atomic E-state index is 14.5. The monoisotopic (exact) mass is 709 g/mol. The molecule has 4 aromatic carbocycles. The lowest BCUT2D eigenvalue weighted by atomic mass is 10.0. The molecule has 0 saturated heterocycles. The first kappa shape index (κ1) is 34.2. The number of amides is 2. The number of hydrogen-bond acceptors (Lipinski definition) is 4. The quantitative estimate of drug-likeness (QED) is 0.179. The van der Waals surface area contributed by atoms with Gasteiger partial charge in [-0.05, 0) is 87.4 Å². The van der Waals surface area contributed by atoms with E-state index in [1.165, 1.54) is 29.2 Å². The molecule has 1 atom stereocenters. The zero-order valence-electron chi connectivity index (χ0n) is 25.7. The summed E-state index contributed by atoms with van der Waals surface area (Å²) < 4.78 is 30.1. The Bertz CT molecular complexity index is 1710. The van der Waals surface area contributed by atoms with Crippen molar-refractivity contribution in [2.45, 2.75) is 57.1 Å². The lowest BCUT2D eigenvalue weighted by Gasteiger charge is -2.35. The van der Waals surface area contributed by atoms with Crippen molar-refractivity contribution in [1.82, 2.24) is 10.2 Å². The number of hydrogen-bond donors (Lipinski definition) is 1. The predicted molar refractivity (Wildman–Crippen MR) is 184 cm³/mol. The zero-order chi connectivity index (χ0) is 32.8. The molecule has 1 N–H and O–H groups in total. The average molecular weight is 711 g/mol. The van der Waals surface area contributed by atoms with E-state index in [2.05, 4.69) is 21.2 Å². The zero-order valence-corrected chi connectivity index (χ0v) is 28.9. The number of carbonyl (C=O) groups excluding carboxylic acids is 2. The number of halogens is 2. The smallest absolute Gasteiger partial charge is 0.264 e. The number of sulfonamides is 1. The molecular weight excluding hydrogens is 674 g/mol. The highest BCUT2D eigenvalue weighted by Gasteiger charge is 2.35. The number of nitrogens with one attached hydrogen (secondary N) is 1. The van der Waals surface area contributed by atoms with Crippen LogP contribution in [0, 0.1) is 6.92 Å². The van der Waals surface area contributed by atoms with E-state index in [9.17, 15) is 18.0 Å². The number of nitrogens with zero attached hydrogens (tertiary/aromatic N) is 2. The lowest BCUT2D eigenvalue weighted by molar-refractivity contribution is -0.140. The third-order valence-electron chi connectivity index (χ3n) is 7.04. The van der Waals surface area contributed by atoms with Crippen molar-refractivity contribution in [3.63, 3.8) is 0 Å². The van der Waals surface area contributed by atoms with Gasteiger partial charge in [0.2, 0.25) is 11.8 Å². The lowest BCUT2D eigenvalue weighted by Crippen LogP contribution is -2.56. The second-order valence-corrected chi connectivity index (χ2v) is 15.1. The Morgan fingerprint density at radius 3 is 2.02 bits per heavy atom. The van der Waals surface area contributed by atoms with Crippen molar-refractivity contribution in [2.75, 3.05) is 10.8 Å². The van der Waals surface area contributed by atoms with Gasteiger partial charge in [-0.15, -0.1) is 0 Å². The molecule has 45 heavy (non-hydrogen) atoms. The van der Waals surface area contributed by atoms with Gasteiger partial charge < -0.3 is 10.2 Å². The van der Waals surface area contributed by atoms with Gasteiger partial charge in [0.15, 0.2) is 0 Å². The maximum atomic E-state index is 14.5. The van der Waals surface area contributed by atoms with Crippen molar-refractivity contribution in [1.29, 1.82) is 0 Å². The molecule has 0 aliphatic rings. The van der Waals surface area contributed by atoms with Gasteiger partial charge in [0.1, 0.15) is 12.6 Å². The van der Waals surface area contributed by atoms with Gasteiger partial charge >= 0.3 is 0 Å². The molecule has 0 bridgehead atoms. The van der Waals surface area contributed by atoms with Crippen molar-refractivity contribution < 1.29 is 18.0 Å². The summed E-state index contributed by atoms with van der Waals surface area (Å²) >= 11 is 9.51. The van der Waals surface area contributed by atoms with Crippen molar-refractivity contribution in [3.05, 3.63) is 129 Å². The molecule has 0 aliphatic carbocycles. The highest BCUT2D eigenvalue weighted by atomic mass is 79.9. The van der Waals surface area contributed by atoms with Gasteiger partial charge in [0.05, 0.1) is 10.6 Å². The van der Waals surface area contributed by atoms with E-state index in [-0.39, 0.29) is 23.8 Å². The fraction of sp³-hybridized carbons (Fsp3) is 0.257. The standard InChI is InChI=1S/C35H37BrClN3O4S/c1-25-10-18-30(19-11-25)40(45(43,44)31-20-16-29(37)17-21-31)24-33(41)39(23-27-12-14-28(36)15-13-27)32(34(42)38-35(2,3)4)22-26-8-6-5-7-9-26/h5-21,32H,22-24H2,1-4H3,(H,38,42)/t32-/m1/s1. The Balaban J connectivity index is 1.81. The summed E-state index contributed by atoms with van der Waals surface area (Å²) in [4.78, 5) is 29.9. The van der Waals surface area contributed by atoms with E-state index in [4.69, 9.17) is 11.6 Å². The van der Waals surface area contributed by atoms with E-state index in [0.29, 0.717) is 10.7 Å². The Labute approximate surface area is 279 Å². The van der Waals surface area contributed by atoms with E-state index in [1.54, 1.807) is 24.3 Å². The molecule has 0 spiro atoms. The summed E-state index contributed by atoms with van der Waals surface area (Å²) in [5, 5.41) is 3.43. The van der Waals surface area contributed by atoms with Crippen molar-refractivity contribution in [2.24, 2.45) is 0 Å². The van der Waals surface area contributed by atoms with Crippen LogP contribution >= 0.6 is 27.5 Å². The molecule has 0 saturated carbocycles. The first-order valence-electron chi connectivity index (χ1n) is 14.5. The van der Waals surface area contributed by atoms with E-state index in [0.717, 1.165) is 25.5 Å². The molecule has 0 fully saturated rings. The molecule has 0 unspecified atom stereocenters. The number of aryl methyl sites for hydroxylation is 1. The Morgan fingerprint density at radius 1 is 0.844 bits per heavy atom. The number of benzene rings is 4. The summed E-state index contributed by atoms with van der Waals surface area (Å²) in [6, 6.07) is 28.7. The topological polar surface area (TPSA) is 86.8 Å². The van der Waals surface area contributed by atoms with E-state index < -0.39 is 34.1 Å². The van der Waals surface area contributed by atoms with Crippen molar-refractivity contribution in [3.8, 4) is 0 Å². The molecule has 2 amide bonds. The minimum atomic E-state index is -4.20.